The first-order valence-electron chi connectivity index (χ1n) is 7.24. The van der Waals surface area contributed by atoms with Crippen LogP contribution in [-0.4, -0.2) is 37.1 Å². The molecule has 1 aliphatic rings. The second kappa shape index (κ2) is 6.74. The standard InChI is InChI=1S/C14H24N2O3S/c1-12(2)15-8-4-10-20(17,18)16(13-6-7-13)11-14-5-3-9-19-14/h3,5,9,12-13,15H,4,6-8,10-11H2,1-2H3. The zero-order valence-electron chi connectivity index (χ0n) is 12.2. The van der Waals surface area contributed by atoms with Crippen LogP contribution in [0.1, 0.15) is 38.9 Å². The van der Waals surface area contributed by atoms with E-state index in [9.17, 15) is 8.42 Å². The Balaban J connectivity index is 1.90. The molecule has 0 aromatic carbocycles. The van der Waals surface area contributed by atoms with E-state index in [2.05, 4.69) is 19.2 Å². The molecule has 20 heavy (non-hydrogen) atoms. The summed E-state index contributed by atoms with van der Waals surface area (Å²) in [6.45, 7) is 5.21. The van der Waals surface area contributed by atoms with E-state index in [-0.39, 0.29) is 11.8 Å². The Morgan fingerprint density at radius 3 is 2.75 bits per heavy atom. The molecule has 1 aliphatic carbocycles. The monoisotopic (exact) mass is 300 g/mol. The van der Waals surface area contributed by atoms with Gasteiger partial charge in [0.15, 0.2) is 0 Å². The van der Waals surface area contributed by atoms with Gasteiger partial charge in [0.2, 0.25) is 10.0 Å². The van der Waals surface area contributed by atoms with Crippen molar-refractivity contribution in [3.63, 3.8) is 0 Å². The number of furan rings is 1. The Kier molecular flexibility index (Phi) is 5.23. The van der Waals surface area contributed by atoms with Crippen LogP contribution < -0.4 is 5.32 Å². The van der Waals surface area contributed by atoms with E-state index < -0.39 is 10.0 Å². The van der Waals surface area contributed by atoms with Gasteiger partial charge in [-0.05, 0) is 37.9 Å². The fourth-order valence-electron chi connectivity index (χ4n) is 2.14. The van der Waals surface area contributed by atoms with Gasteiger partial charge in [0.1, 0.15) is 5.76 Å². The predicted molar refractivity (Wildman–Crippen MR) is 78.8 cm³/mol. The molecule has 114 valence electrons. The maximum absolute atomic E-state index is 12.4. The summed E-state index contributed by atoms with van der Waals surface area (Å²) >= 11 is 0. The third-order valence-corrected chi connectivity index (χ3v) is 5.28. The van der Waals surface area contributed by atoms with E-state index in [0.29, 0.717) is 24.8 Å². The molecule has 0 bridgehead atoms. The third-order valence-electron chi connectivity index (χ3n) is 3.33. The average molecular weight is 300 g/mol. The average Bonchev–Trinajstić information content (AvgIpc) is 3.08. The van der Waals surface area contributed by atoms with Crippen molar-refractivity contribution >= 4 is 10.0 Å². The molecule has 0 spiro atoms. The quantitative estimate of drug-likeness (QED) is 0.708. The summed E-state index contributed by atoms with van der Waals surface area (Å²) < 4.78 is 31.8. The van der Waals surface area contributed by atoms with Crippen LogP contribution in [0.4, 0.5) is 0 Å². The molecular formula is C14H24N2O3S. The normalized spacial score (nSPS) is 16.2. The van der Waals surface area contributed by atoms with Crippen LogP contribution in [0.3, 0.4) is 0 Å². The van der Waals surface area contributed by atoms with Gasteiger partial charge in [-0.25, -0.2) is 8.42 Å². The minimum Gasteiger partial charge on any atom is -0.468 e. The van der Waals surface area contributed by atoms with Crippen LogP contribution in [0.2, 0.25) is 0 Å². The van der Waals surface area contributed by atoms with E-state index in [1.807, 2.05) is 6.07 Å². The molecule has 1 N–H and O–H groups in total. The van der Waals surface area contributed by atoms with Gasteiger partial charge in [0.25, 0.3) is 0 Å². The van der Waals surface area contributed by atoms with E-state index in [1.165, 1.54) is 0 Å². The summed E-state index contributed by atoms with van der Waals surface area (Å²) in [5, 5.41) is 3.25. The number of nitrogens with zero attached hydrogens (tertiary/aromatic N) is 1. The molecule has 6 heteroatoms. The van der Waals surface area contributed by atoms with Crippen molar-refractivity contribution < 1.29 is 12.8 Å². The summed E-state index contributed by atoms with van der Waals surface area (Å²) in [4.78, 5) is 0. The molecule has 1 aromatic rings. The van der Waals surface area contributed by atoms with Crippen LogP contribution in [0.25, 0.3) is 0 Å². The molecule has 0 aliphatic heterocycles. The highest BCUT2D eigenvalue weighted by molar-refractivity contribution is 7.89. The Labute approximate surface area is 121 Å². The minimum atomic E-state index is -3.20. The summed E-state index contributed by atoms with van der Waals surface area (Å²) in [5.74, 6) is 0.907. The van der Waals surface area contributed by atoms with E-state index in [0.717, 1.165) is 19.4 Å². The molecule has 1 heterocycles. The van der Waals surface area contributed by atoms with Crippen molar-refractivity contribution in [2.24, 2.45) is 0 Å². The molecule has 0 atom stereocenters. The fourth-order valence-corrected chi connectivity index (χ4v) is 3.87. The van der Waals surface area contributed by atoms with Crippen LogP contribution in [-0.2, 0) is 16.6 Å². The van der Waals surface area contributed by atoms with Crippen molar-refractivity contribution in [2.75, 3.05) is 12.3 Å². The molecule has 0 radical (unpaired) electrons. The molecule has 1 fully saturated rings. The van der Waals surface area contributed by atoms with Crippen LogP contribution in [0.5, 0.6) is 0 Å². The Hall–Kier alpha value is -0.850. The van der Waals surface area contributed by atoms with Crippen molar-refractivity contribution in [3.05, 3.63) is 24.2 Å². The highest BCUT2D eigenvalue weighted by Gasteiger charge is 2.37. The van der Waals surface area contributed by atoms with Crippen molar-refractivity contribution in [1.29, 1.82) is 0 Å². The lowest BCUT2D eigenvalue weighted by atomic mass is 10.4. The van der Waals surface area contributed by atoms with Gasteiger partial charge in [-0.15, -0.1) is 0 Å². The SMILES string of the molecule is CC(C)NCCCS(=O)(=O)N(Cc1ccco1)C1CC1. The van der Waals surface area contributed by atoms with Gasteiger partial charge in [-0.1, -0.05) is 13.8 Å². The smallest absolute Gasteiger partial charge is 0.214 e. The molecule has 5 nitrogen and oxygen atoms in total. The minimum absolute atomic E-state index is 0.170. The maximum Gasteiger partial charge on any atom is 0.214 e. The zero-order valence-corrected chi connectivity index (χ0v) is 13.0. The molecule has 0 saturated heterocycles. The van der Waals surface area contributed by atoms with Gasteiger partial charge in [0, 0.05) is 12.1 Å². The fraction of sp³-hybridized carbons (Fsp3) is 0.714. The molecule has 0 unspecified atom stereocenters. The second-order valence-corrected chi connectivity index (χ2v) is 7.68. The Bertz CT molecular complexity index is 492. The van der Waals surface area contributed by atoms with Crippen molar-refractivity contribution in [1.82, 2.24) is 9.62 Å². The summed E-state index contributed by atoms with van der Waals surface area (Å²) in [5.41, 5.74) is 0. The maximum atomic E-state index is 12.4. The zero-order chi connectivity index (χ0) is 14.6. The lowest BCUT2D eigenvalue weighted by molar-refractivity contribution is 0.356. The largest absolute Gasteiger partial charge is 0.468 e. The van der Waals surface area contributed by atoms with E-state index in [1.54, 1.807) is 16.6 Å². The van der Waals surface area contributed by atoms with Gasteiger partial charge >= 0.3 is 0 Å². The second-order valence-electron chi connectivity index (χ2n) is 5.63. The van der Waals surface area contributed by atoms with E-state index >= 15 is 0 Å². The topological polar surface area (TPSA) is 62.6 Å². The lowest BCUT2D eigenvalue weighted by Gasteiger charge is -2.21. The molecule has 2 rings (SSSR count). The first-order chi connectivity index (χ1) is 9.49. The third kappa shape index (κ3) is 4.61. The van der Waals surface area contributed by atoms with Crippen LogP contribution in [0.15, 0.2) is 22.8 Å². The molecule has 0 amide bonds. The summed E-state index contributed by atoms with van der Waals surface area (Å²) in [6, 6.07) is 4.17. The Morgan fingerprint density at radius 1 is 1.45 bits per heavy atom. The van der Waals surface area contributed by atoms with Gasteiger partial charge in [-0.2, -0.15) is 4.31 Å². The number of rotatable bonds is 9. The van der Waals surface area contributed by atoms with Crippen LogP contribution in [0, 0.1) is 0 Å². The molecule has 1 aromatic heterocycles. The van der Waals surface area contributed by atoms with Crippen molar-refractivity contribution in [3.8, 4) is 0 Å². The summed E-state index contributed by atoms with van der Waals surface area (Å²) in [6.07, 6.45) is 4.15. The first kappa shape index (κ1) is 15.5. The number of nitrogens with one attached hydrogen (secondary N) is 1. The van der Waals surface area contributed by atoms with Gasteiger partial charge < -0.3 is 9.73 Å². The van der Waals surface area contributed by atoms with Gasteiger partial charge in [-0.3, -0.25) is 0 Å². The number of hydrogen-bond donors (Lipinski definition) is 1. The van der Waals surface area contributed by atoms with Crippen LogP contribution >= 0.6 is 0 Å². The highest BCUT2D eigenvalue weighted by atomic mass is 32.2. The summed E-state index contributed by atoms with van der Waals surface area (Å²) in [7, 11) is -3.20. The highest BCUT2D eigenvalue weighted by Crippen LogP contribution is 2.31. The molecule has 1 saturated carbocycles. The lowest BCUT2D eigenvalue weighted by Crippen LogP contribution is -2.35. The molecular weight excluding hydrogens is 276 g/mol. The Morgan fingerprint density at radius 2 is 2.20 bits per heavy atom. The number of hydrogen-bond acceptors (Lipinski definition) is 4. The van der Waals surface area contributed by atoms with Gasteiger partial charge in [0.05, 0.1) is 18.6 Å². The van der Waals surface area contributed by atoms with Crippen molar-refractivity contribution in [2.45, 2.75) is 51.7 Å². The number of sulfonamides is 1. The van der Waals surface area contributed by atoms with E-state index in [4.69, 9.17) is 4.42 Å². The predicted octanol–water partition coefficient (Wildman–Crippen LogP) is 1.96. The first-order valence-corrected chi connectivity index (χ1v) is 8.85.